The molecule has 25 heavy (non-hydrogen) atoms. The van der Waals surface area contributed by atoms with Gasteiger partial charge in [-0.3, -0.25) is 15.2 Å². The second-order valence-electron chi connectivity index (χ2n) is 5.92. The van der Waals surface area contributed by atoms with Gasteiger partial charge >= 0.3 is 0 Å². The second kappa shape index (κ2) is 6.93. The van der Waals surface area contributed by atoms with E-state index in [9.17, 15) is 4.79 Å². The van der Waals surface area contributed by atoms with E-state index >= 15 is 0 Å². The van der Waals surface area contributed by atoms with Crippen LogP contribution in [0.25, 0.3) is 0 Å². The number of rotatable bonds is 5. The number of amides is 1. The van der Waals surface area contributed by atoms with Gasteiger partial charge in [0.25, 0.3) is 0 Å². The van der Waals surface area contributed by atoms with Crippen molar-refractivity contribution in [3.63, 3.8) is 0 Å². The van der Waals surface area contributed by atoms with Crippen LogP contribution in [0.2, 0.25) is 0 Å². The van der Waals surface area contributed by atoms with Gasteiger partial charge in [0.1, 0.15) is 0 Å². The third-order valence-corrected chi connectivity index (χ3v) is 4.32. The summed E-state index contributed by atoms with van der Waals surface area (Å²) in [5.74, 6) is 1.65. The van der Waals surface area contributed by atoms with Crippen LogP contribution in [0.4, 0.5) is 5.69 Å². The molecule has 1 atom stereocenters. The van der Waals surface area contributed by atoms with Crippen LogP contribution in [-0.4, -0.2) is 27.2 Å². The molecule has 6 nitrogen and oxygen atoms in total. The highest BCUT2D eigenvalue weighted by molar-refractivity contribution is 5.83. The first-order chi connectivity index (χ1) is 12.1. The Hall–Kier alpha value is -2.89. The van der Waals surface area contributed by atoms with Gasteiger partial charge < -0.3 is 14.2 Å². The van der Waals surface area contributed by atoms with E-state index in [2.05, 4.69) is 5.43 Å². The van der Waals surface area contributed by atoms with E-state index in [1.807, 2.05) is 48.3 Å². The van der Waals surface area contributed by atoms with E-state index in [-0.39, 0.29) is 11.9 Å². The quantitative estimate of drug-likeness (QED) is 0.905. The van der Waals surface area contributed by atoms with Crippen molar-refractivity contribution in [1.29, 1.82) is 0 Å². The summed E-state index contributed by atoms with van der Waals surface area (Å²) in [6, 6.07) is 11.6. The molecule has 1 aliphatic heterocycles. The Kier molecular flexibility index (Phi) is 4.70. The molecule has 2 aromatic rings. The van der Waals surface area contributed by atoms with Gasteiger partial charge in [0, 0.05) is 0 Å². The molecule has 1 fully saturated rings. The Morgan fingerprint density at radius 2 is 1.60 bits per heavy atom. The third-order valence-electron chi connectivity index (χ3n) is 4.32. The predicted octanol–water partition coefficient (Wildman–Crippen LogP) is 3.00. The molecule has 0 spiro atoms. The van der Waals surface area contributed by atoms with Gasteiger partial charge in [-0.05, 0) is 36.8 Å². The molecule has 0 radical (unpaired) electrons. The fourth-order valence-electron chi connectivity index (χ4n) is 3.04. The zero-order valence-corrected chi connectivity index (χ0v) is 14.8. The number of anilines is 1. The lowest BCUT2D eigenvalue weighted by Gasteiger charge is -2.27. The molecule has 1 amide bonds. The van der Waals surface area contributed by atoms with Crippen molar-refractivity contribution in [2.75, 3.05) is 26.3 Å². The van der Waals surface area contributed by atoms with Gasteiger partial charge in [0.05, 0.1) is 39.5 Å². The van der Waals surface area contributed by atoms with Crippen LogP contribution in [0, 0.1) is 6.92 Å². The highest BCUT2D eigenvalue weighted by Crippen LogP contribution is 2.42. The average molecular weight is 342 g/mol. The van der Waals surface area contributed by atoms with Crippen molar-refractivity contribution in [3.8, 4) is 17.2 Å². The lowest BCUT2D eigenvalue weighted by molar-refractivity contribution is -0.119. The van der Waals surface area contributed by atoms with Gasteiger partial charge in [0.2, 0.25) is 11.7 Å². The van der Waals surface area contributed by atoms with Crippen LogP contribution in [-0.2, 0) is 4.79 Å². The second-order valence-corrected chi connectivity index (χ2v) is 5.92. The summed E-state index contributed by atoms with van der Waals surface area (Å²) < 4.78 is 16.2. The van der Waals surface area contributed by atoms with E-state index in [0.29, 0.717) is 23.7 Å². The third kappa shape index (κ3) is 3.20. The Balaban J connectivity index is 2.03. The molecule has 0 aromatic heterocycles. The number of hydrogen-bond donors (Lipinski definition) is 1. The minimum absolute atomic E-state index is 0.0284. The fourth-order valence-corrected chi connectivity index (χ4v) is 3.04. The predicted molar refractivity (Wildman–Crippen MR) is 95.3 cm³/mol. The number of nitrogens with zero attached hydrogens (tertiary/aromatic N) is 1. The SMILES string of the molecule is COc1cc(C2CC(=O)NN2c2ccc(C)cc2)cc(OC)c1OC. The molecule has 0 aliphatic carbocycles. The van der Waals surface area contributed by atoms with Crippen LogP contribution >= 0.6 is 0 Å². The van der Waals surface area contributed by atoms with Crippen molar-refractivity contribution >= 4 is 11.6 Å². The number of carbonyl (C=O) groups excluding carboxylic acids is 1. The molecule has 1 unspecified atom stereocenters. The first kappa shape index (κ1) is 17.0. The van der Waals surface area contributed by atoms with E-state index in [4.69, 9.17) is 14.2 Å². The van der Waals surface area contributed by atoms with Gasteiger partial charge in [0.15, 0.2) is 11.5 Å². The summed E-state index contributed by atoms with van der Waals surface area (Å²) >= 11 is 0. The van der Waals surface area contributed by atoms with E-state index < -0.39 is 0 Å². The number of aryl methyl sites for hydroxylation is 1. The number of carbonyl (C=O) groups is 1. The molecule has 1 heterocycles. The Morgan fingerprint density at radius 3 is 2.12 bits per heavy atom. The number of methoxy groups -OCH3 is 3. The fraction of sp³-hybridized carbons (Fsp3) is 0.316. The van der Waals surface area contributed by atoms with Crippen LogP contribution in [0.15, 0.2) is 36.4 Å². The van der Waals surface area contributed by atoms with Gasteiger partial charge in [-0.1, -0.05) is 17.7 Å². The van der Waals surface area contributed by atoms with E-state index in [0.717, 1.165) is 11.3 Å². The number of benzene rings is 2. The van der Waals surface area contributed by atoms with Crippen molar-refractivity contribution in [2.24, 2.45) is 0 Å². The highest BCUT2D eigenvalue weighted by Gasteiger charge is 2.33. The first-order valence-corrected chi connectivity index (χ1v) is 8.02. The van der Waals surface area contributed by atoms with Crippen LogP contribution in [0.3, 0.4) is 0 Å². The summed E-state index contributed by atoms with van der Waals surface area (Å²) in [5.41, 5.74) is 5.93. The number of hydrogen-bond acceptors (Lipinski definition) is 5. The molecule has 1 aliphatic rings. The lowest BCUT2D eigenvalue weighted by atomic mass is 10.0. The average Bonchev–Trinajstić information content (AvgIpc) is 3.02. The van der Waals surface area contributed by atoms with Crippen LogP contribution in [0.1, 0.15) is 23.6 Å². The summed E-state index contributed by atoms with van der Waals surface area (Å²) in [5, 5.41) is 1.88. The number of hydrazine groups is 1. The number of ether oxygens (including phenoxy) is 3. The van der Waals surface area contributed by atoms with Crippen LogP contribution < -0.4 is 24.6 Å². The lowest BCUT2D eigenvalue weighted by Crippen LogP contribution is -2.34. The molecule has 0 saturated carbocycles. The normalized spacial score (nSPS) is 16.6. The van der Waals surface area contributed by atoms with Crippen molar-refractivity contribution < 1.29 is 19.0 Å². The van der Waals surface area contributed by atoms with E-state index in [1.54, 1.807) is 21.3 Å². The Bertz CT molecular complexity index is 748. The maximum Gasteiger partial charge on any atom is 0.241 e. The minimum atomic E-state index is -0.163. The molecule has 132 valence electrons. The van der Waals surface area contributed by atoms with Crippen LogP contribution in [0.5, 0.6) is 17.2 Å². The molecule has 2 aromatic carbocycles. The molecule has 6 heteroatoms. The summed E-state index contributed by atoms with van der Waals surface area (Å²) in [4.78, 5) is 12.1. The summed E-state index contributed by atoms with van der Waals surface area (Å²) in [6.45, 7) is 2.03. The molecule has 1 saturated heterocycles. The largest absolute Gasteiger partial charge is 0.493 e. The molecular weight excluding hydrogens is 320 g/mol. The standard InChI is InChI=1S/C19H22N2O4/c1-12-5-7-14(8-6-12)21-15(11-18(22)20-21)13-9-16(23-2)19(25-4)17(10-13)24-3/h5-10,15H,11H2,1-4H3,(H,20,22). The molecule has 1 N–H and O–H groups in total. The van der Waals surface area contributed by atoms with Gasteiger partial charge in [-0.2, -0.15) is 0 Å². The summed E-state index contributed by atoms with van der Waals surface area (Å²) in [6.07, 6.45) is 0.354. The summed E-state index contributed by atoms with van der Waals surface area (Å²) in [7, 11) is 4.73. The van der Waals surface area contributed by atoms with E-state index in [1.165, 1.54) is 5.56 Å². The maximum atomic E-state index is 12.1. The smallest absolute Gasteiger partial charge is 0.241 e. The Labute approximate surface area is 147 Å². The minimum Gasteiger partial charge on any atom is -0.493 e. The molecule has 3 rings (SSSR count). The molecular formula is C19H22N2O4. The topological polar surface area (TPSA) is 60.0 Å². The highest BCUT2D eigenvalue weighted by atomic mass is 16.5. The zero-order valence-electron chi connectivity index (χ0n) is 14.8. The first-order valence-electron chi connectivity index (χ1n) is 8.02. The van der Waals surface area contributed by atoms with Gasteiger partial charge in [-0.25, -0.2) is 0 Å². The monoisotopic (exact) mass is 342 g/mol. The number of nitrogens with one attached hydrogen (secondary N) is 1. The Morgan fingerprint density at radius 1 is 1.00 bits per heavy atom. The molecule has 0 bridgehead atoms. The zero-order chi connectivity index (χ0) is 18.0. The van der Waals surface area contributed by atoms with Crippen molar-refractivity contribution in [2.45, 2.75) is 19.4 Å². The van der Waals surface area contributed by atoms with Crippen molar-refractivity contribution in [1.82, 2.24) is 5.43 Å². The van der Waals surface area contributed by atoms with Gasteiger partial charge in [-0.15, -0.1) is 0 Å². The van der Waals surface area contributed by atoms with Crippen molar-refractivity contribution in [3.05, 3.63) is 47.5 Å². The maximum absolute atomic E-state index is 12.1.